The molecule has 35 heavy (non-hydrogen) atoms. The van der Waals surface area contributed by atoms with Crippen molar-refractivity contribution in [1.29, 1.82) is 0 Å². The van der Waals surface area contributed by atoms with Crippen molar-refractivity contribution in [3.8, 4) is 11.3 Å². The zero-order chi connectivity index (χ0) is 24.4. The van der Waals surface area contributed by atoms with Crippen LogP contribution in [0.5, 0.6) is 0 Å². The van der Waals surface area contributed by atoms with Crippen LogP contribution >= 0.6 is 0 Å². The van der Waals surface area contributed by atoms with Gasteiger partial charge in [0.05, 0.1) is 5.69 Å². The minimum absolute atomic E-state index is 0.177. The Bertz CT molecular complexity index is 1190. The monoisotopic (exact) mass is 476 g/mol. The third kappa shape index (κ3) is 4.99. The number of carbonyl (C=O) groups is 2. The molecule has 184 valence electrons. The summed E-state index contributed by atoms with van der Waals surface area (Å²) in [7, 11) is 0. The van der Waals surface area contributed by atoms with E-state index in [1.807, 2.05) is 6.07 Å². The minimum Gasteiger partial charge on any atom is -0.453 e. The fraction of sp³-hybridized carbons (Fsp3) is 0.500. The molecule has 0 bridgehead atoms. The fourth-order valence-electron chi connectivity index (χ4n) is 5.18. The van der Waals surface area contributed by atoms with Crippen molar-refractivity contribution in [2.45, 2.75) is 58.0 Å². The van der Waals surface area contributed by atoms with E-state index in [0.29, 0.717) is 43.8 Å². The number of esters is 1. The van der Waals surface area contributed by atoms with Gasteiger partial charge in [-0.3, -0.25) is 9.59 Å². The van der Waals surface area contributed by atoms with Gasteiger partial charge in [0.25, 0.3) is 11.7 Å². The SMILES string of the molecule is CC(=O)O[C@@H](C)C(=O)N1CCN(c2nc3nccc(-c4ccc(C5CCCCC5)cc4)n3n2)CC1. The number of amides is 1. The molecule has 0 unspecified atom stereocenters. The zero-order valence-electron chi connectivity index (χ0n) is 20.4. The van der Waals surface area contributed by atoms with Crippen LogP contribution in [0.3, 0.4) is 0 Å². The summed E-state index contributed by atoms with van der Waals surface area (Å²) in [5.74, 6) is 1.20. The van der Waals surface area contributed by atoms with E-state index in [2.05, 4.69) is 39.1 Å². The second-order valence-electron chi connectivity index (χ2n) is 9.47. The maximum Gasteiger partial charge on any atom is 0.303 e. The van der Waals surface area contributed by atoms with Gasteiger partial charge in [0.15, 0.2) is 6.10 Å². The van der Waals surface area contributed by atoms with Crippen molar-refractivity contribution in [3.63, 3.8) is 0 Å². The predicted octanol–water partition coefficient (Wildman–Crippen LogP) is 3.44. The number of benzene rings is 1. The second kappa shape index (κ2) is 10.0. The normalized spacial score (nSPS) is 18.0. The highest BCUT2D eigenvalue weighted by molar-refractivity contribution is 5.83. The number of carbonyl (C=O) groups excluding carboxylic acids is 2. The van der Waals surface area contributed by atoms with Crippen molar-refractivity contribution < 1.29 is 14.3 Å². The third-order valence-electron chi connectivity index (χ3n) is 7.08. The van der Waals surface area contributed by atoms with E-state index in [1.54, 1.807) is 22.5 Å². The van der Waals surface area contributed by atoms with Crippen molar-refractivity contribution in [3.05, 3.63) is 42.1 Å². The lowest BCUT2D eigenvalue weighted by molar-refractivity contribution is -0.157. The summed E-state index contributed by atoms with van der Waals surface area (Å²) in [6, 6.07) is 10.8. The van der Waals surface area contributed by atoms with Gasteiger partial charge in [-0.1, -0.05) is 43.5 Å². The molecule has 3 heterocycles. The van der Waals surface area contributed by atoms with Gasteiger partial charge in [-0.25, -0.2) is 4.98 Å². The topological polar surface area (TPSA) is 92.9 Å². The smallest absolute Gasteiger partial charge is 0.303 e. The predicted molar refractivity (Wildman–Crippen MR) is 132 cm³/mol. The molecule has 1 saturated heterocycles. The average Bonchev–Trinajstić information content (AvgIpc) is 3.33. The zero-order valence-corrected chi connectivity index (χ0v) is 20.4. The third-order valence-corrected chi connectivity index (χ3v) is 7.08. The molecule has 9 heteroatoms. The summed E-state index contributed by atoms with van der Waals surface area (Å²) in [6.07, 6.45) is 7.57. The number of rotatable bonds is 5. The van der Waals surface area contributed by atoms with Gasteiger partial charge in [-0.2, -0.15) is 9.50 Å². The first-order chi connectivity index (χ1) is 17.0. The maximum absolute atomic E-state index is 12.5. The Balaban J connectivity index is 1.30. The number of nitrogens with zero attached hydrogens (tertiary/aromatic N) is 6. The molecule has 0 spiro atoms. The van der Waals surface area contributed by atoms with Crippen molar-refractivity contribution in [2.75, 3.05) is 31.1 Å². The van der Waals surface area contributed by atoms with E-state index < -0.39 is 12.1 Å². The number of aromatic nitrogens is 4. The van der Waals surface area contributed by atoms with Crippen LogP contribution in [0.1, 0.15) is 57.4 Å². The molecule has 1 saturated carbocycles. The number of hydrogen-bond acceptors (Lipinski definition) is 7. The number of piperazine rings is 1. The molecule has 1 aromatic carbocycles. The highest BCUT2D eigenvalue weighted by Gasteiger charge is 2.28. The molecule has 2 aromatic heterocycles. The molecule has 0 radical (unpaired) electrons. The summed E-state index contributed by atoms with van der Waals surface area (Å²) in [5.41, 5.74) is 3.46. The van der Waals surface area contributed by atoms with Gasteiger partial charge in [-0.05, 0) is 37.3 Å². The second-order valence-corrected chi connectivity index (χ2v) is 9.47. The van der Waals surface area contributed by atoms with Crippen LogP contribution in [0.15, 0.2) is 36.5 Å². The Hall–Kier alpha value is -3.49. The summed E-state index contributed by atoms with van der Waals surface area (Å²) in [6.45, 7) is 5.15. The summed E-state index contributed by atoms with van der Waals surface area (Å²) in [4.78, 5) is 36.5. The van der Waals surface area contributed by atoms with Gasteiger partial charge in [0, 0.05) is 44.9 Å². The molecule has 9 nitrogen and oxygen atoms in total. The average molecular weight is 477 g/mol. The molecule has 5 rings (SSSR count). The van der Waals surface area contributed by atoms with E-state index in [9.17, 15) is 9.59 Å². The molecule has 1 atom stereocenters. The van der Waals surface area contributed by atoms with E-state index in [4.69, 9.17) is 9.84 Å². The highest BCUT2D eigenvalue weighted by atomic mass is 16.5. The van der Waals surface area contributed by atoms with Gasteiger partial charge in [-0.15, -0.1) is 5.10 Å². The first-order valence-electron chi connectivity index (χ1n) is 12.5. The van der Waals surface area contributed by atoms with Crippen LogP contribution in [0, 0.1) is 0 Å². The molecule has 1 amide bonds. The summed E-state index contributed by atoms with van der Waals surface area (Å²) < 4.78 is 6.83. The minimum atomic E-state index is -0.774. The fourth-order valence-corrected chi connectivity index (χ4v) is 5.18. The number of anilines is 1. The Morgan fingerprint density at radius 2 is 1.71 bits per heavy atom. The van der Waals surface area contributed by atoms with Crippen LogP contribution in [0.4, 0.5) is 5.95 Å². The molecule has 1 aliphatic heterocycles. The van der Waals surface area contributed by atoms with Crippen LogP contribution in [0.25, 0.3) is 17.0 Å². The van der Waals surface area contributed by atoms with Crippen molar-refractivity contribution in [1.82, 2.24) is 24.5 Å². The van der Waals surface area contributed by atoms with Crippen LogP contribution in [-0.2, 0) is 14.3 Å². The lowest BCUT2D eigenvalue weighted by atomic mass is 9.84. The maximum atomic E-state index is 12.5. The summed E-state index contributed by atoms with van der Waals surface area (Å²) in [5, 5.41) is 4.77. The quantitative estimate of drug-likeness (QED) is 0.521. The van der Waals surface area contributed by atoms with Gasteiger partial charge >= 0.3 is 5.97 Å². The van der Waals surface area contributed by atoms with Crippen LogP contribution < -0.4 is 4.90 Å². The molecule has 1 aliphatic carbocycles. The first kappa shape index (κ1) is 23.3. The lowest BCUT2D eigenvalue weighted by Crippen LogP contribution is -2.52. The Morgan fingerprint density at radius 1 is 1.00 bits per heavy atom. The lowest BCUT2D eigenvalue weighted by Gasteiger charge is -2.35. The Labute approximate surface area is 205 Å². The Morgan fingerprint density at radius 3 is 2.40 bits per heavy atom. The largest absolute Gasteiger partial charge is 0.453 e. The highest BCUT2D eigenvalue weighted by Crippen LogP contribution is 2.33. The van der Waals surface area contributed by atoms with Crippen molar-refractivity contribution >= 4 is 23.6 Å². The van der Waals surface area contributed by atoms with Gasteiger partial charge in [0.2, 0.25) is 5.95 Å². The number of ether oxygens (including phenoxy) is 1. The number of hydrogen-bond donors (Lipinski definition) is 0. The molecule has 3 aromatic rings. The number of fused-ring (bicyclic) bond motifs is 1. The Kier molecular flexibility index (Phi) is 6.66. The van der Waals surface area contributed by atoms with E-state index in [1.165, 1.54) is 44.6 Å². The van der Waals surface area contributed by atoms with E-state index >= 15 is 0 Å². The van der Waals surface area contributed by atoms with Crippen LogP contribution in [-0.4, -0.2) is 68.6 Å². The molecule has 2 fully saturated rings. The van der Waals surface area contributed by atoms with Gasteiger partial charge < -0.3 is 14.5 Å². The molecular weight excluding hydrogens is 444 g/mol. The first-order valence-corrected chi connectivity index (χ1v) is 12.5. The molecule has 0 N–H and O–H groups in total. The van der Waals surface area contributed by atoms with E-state index in [0.717, 1.165) is 11.3 Å². The molecule has 2 aliphatic rings. The van der Waals surface area contributed by atoms with Crippen molar-refractivity contribution in [2.24, 2.45) is 0 Å². The standard InChI is InChI=1S/C26H32N6O3/c1-18(35-19(2)33)24(34)30-14-16-31(17-15-30)26-28-25-27-13-12-23(32(25)29-26)22-10-8-21(9-11-22)20-6-4-3-5-7-20/h8-13,18,20H,3-7,14-17H2,1-2H3/t18-/m0/s1. The summed E-state index contributed by atoms with van der Waals surface area (Å²) >= 11 is 0. The van der Waals surface area contributed by atoms with Crippen LogP contribution in [0.2, 0.25) is 0 Å². The van der Waals surface area contributed by atoms with Gasteiger partial charge in [0.1, 0.15) is 0 Å². The van der Waals surface area contributed by atoms with E-state index in [-0.39, 0.29) is 5.91 Å². The molecular formula is C26H32N6O3.